The normalized spacial score (nSPS) is 11.8. The van der Waals surface area contributed by atoms with Crippen molar-refractivity contribution < 1.29 is 31.1 Å². The van der Waals surface area contributed by atoms with Crippen LogP contribution in [0.15, 0.2) is 83.7 Å². The van der Waals surface area contributed by atoms with Crippen LogP contribution in [-0.4, -0.2) is 16.1 Å². The first-order valence-electron chi connectivity index (χ1n) is 10.3. The molecule has 0 bridgehead atoms. The van der Waals surface area contributed by atoms with Gasteiger partial charge in [-0.3, -0.25) is 9.59 Å². The van der Waals surface area contributed by atoms with Crippen molar-refractivity contribution in [2.24, 2.45) is 0 Å². The largest absolute Gasteiger partial charge is 0.416 e. The fourth-order valence-electron chi connectivity index (χ4n) is 3.58. The first-order chi connectivity index (χ1) is 16.9. The van der Waals surface area contributed by atoms with Gasteiger partial charge >= 0.3 is 12.4 Å². The fraction of sp³-hybridized carbons (Fsp3) is 0.0800. The first kappa shape index (κ1) is 24.7. The number of H-pyrrole nitrogens is 1. The number of amides is 1. The lowest BCUT2D eigenvalue weighted by atomic mass is 9.95. The average Bonchev–Trinajstić information content (AvgIpc) is 2.83. The van der Waals surface area contributed by atoms with Crippen molar-refractivity contribution >= 4 is 11.6 Å². The zero-order chi connectivity index (χ0) is 26.1. The Kier molecular flexibility index (Phi) is 6.40. The molecule has 4 rings (SSSR count). The minimum Gasteiger partial charge on any atom is -0.322 e. The number of hydrogen-bond donors (Lipinski definition) is 2. The number of aromatic amines is 1. The highest BCUT2D eigenvalue weighted by molar-refractivity contribution is 6.10. The molecule has 11 heteroatoms. The van der Waals surface area contributed by atoms with Gasteiger partial charge in [0.1, 0.15) is 5.56 Å². The van der Waals surface area contributed by atoms with Crippen molar-refractivity contribution in [3.63, 3.8) is 0 Å². The van der Waals surface area contributed by atoms with Gasteiger partial charge in [-0.2, -0.15) is 31.4 Å². The molecule has 4 aromatic rings. The van der Waals surface area contributed by atoms with Gasteiger partial charge in [0.15, 0.2) is 0 Å². The van der Waals surface area contributed by atoms with E-state index in [1.807, 2.05) is 5.32 Å². The molecule has 1 amide bonds. The third-order valence-electron chi connectivity index (χ3n) is 5.17. The van der Waals surface area contributed by atoms with Crippen LogP contribution in [0.1, 0.15) is 21.5 Å². The molecular formula is C25H15F6N3O2. The van der Waals surface area contributed by atoms with Crippen molar-refractivity contribution in [1.29, 1.82) is 0 Å². The number of alkyl halides is 6. The minimum atomic E-state index is -5.11. The summed E-state index contributed by atoms with van der Waals surface area (Å²) in [5.41, 5.74) is -4.35. The van der Waals surface area contributed by atoms with E-state index in [1.54, 1.807) is 60.7 Å². The predicted molar refractivity (Wildman–Crippen MR) is 120 cm³/mol. The summed E-state index contributed by atoms with van der Waals surface area (Å²) < 4.78 is 79.5. The van der Waals surface area contributed by atoms with E-state index in [0.717, 1.165) is 0 Å². The number of nitrogens with one attached hydrogen (secondary N) is 2. The molecule has 0 aliphatic rings. The summed E-state index contributed by atoms with van der Waals surface area (Å²) in [6.07, 6.45) is -10.2. The predicted octanol–water partition coefficient (Wildman–Crippen LogP) is 6.39. The molecule has 0 spiro atoms. The Morgan fingerprint density at radius 2 is 1.25 bits per heavy atom. The van der Waals surface area contributed by atoms with Crippen molar-refractivity contribution in [3.05, 3.63) is 106 Å². The molecule has 3 aromatic carbocycles. The van der Waals surface area contributed by atoms with Crippen LogP contribution in [0.2, 0.25) is 0 Å². The van der Waals surface area contributed by atoms with Crippen molar-refractivity contribution in [2.45, 2.75) is 12.4 Å². The van der Waals surface area contributed by atoms with Gasteiger partial charge in [-0.25, -0.2) is 5.10 Å². The highest BCUT2D eigenvalue weighted by atomic mass is 19.4. The Morgan fingerprint density at radius 3 is 1.75 bits per heavy atom. The number of rotatable bonds is 4. The summed E-state index contributed by atoms with van der Waals surface area (Å²) in [5, 5.41) is 8.27. The Hall–Kier alpha value is -4.41. The van der Waals surface area contributed by atoms with Gasteiger partial charge in [0.2, 0.25) is 0 Å². The van der Waals surface area contributed by atoms with E-state index in [0.29, 0.717) is 23.3 Å². The molecule has 1 aromatic heterocycles. The molecule has 0 aliphatic heterocycles. The van der Waals surface area contributed by atoms with Crippen molar-refractivity contribution in [2.75, 3.05) is 5.32 Å². The van der Waals surface area contributed by atoms with E-state index in [2.05, 4.69) is 10.2 Å². The summed E-state index contributed by atoms with van der Waals surface area (Å²) in [5.74, 6) is -1.21. The molecule has 0 saturated carbocycles. The molecule has 184 valence electrons. The highest BCUT2D eigenvalue weighted by Gasteiger charge is 2.37. The molecular weight excluding hydrogens is 488 g/mol. The maximum Gasteiger partial charge on any atom is 0.416 e. The third kappa shape index (κ3) is 5.14. The zero-order valence-corrected chi connectivity index (χ0v) is 18.0. The molecule has 5 nitrogen and oxygen atoms in total. The van der Waals surface area contributed by atoms with Crippen LogP contribution in [-0.2, 0) is 12.4 Å². The van der Waals surface area contributed by atoms with Crippen LogP contribution in [0.25, 0.3) is 22.4 Å². The van der Waals surface area contributed by atoms with E-state index in [9.17, 15) is 35.9 Å². The maximum atomic E-state index is 13.2. The van der Waals surface area contributed by atoms with Crippen LogP contribution >= 0.6 is 0 Å². The number of anilines is 1. The summed E-state index contributed by atoms with van der Waals surface area (Å²) in [6.45, 7) is 0. The maximum absolute atomic E-state index is 13.2. The van der Waals surface area contributed by atoms with Crippen molar-refractivity contribution in [1.82, 2.24) is 10.2 Å². The van der Waals surface area contributed by atoms with Gasteiger partial charge < -0.3 is 5.32 Å². The standard InChI is InChI=1S/C25H15F6N3O2/c26-24(27,28)16-11-17(25(29,30)31)13-18(12-16)32-22(35)20-19(14-7-3-1-4-8-14)21(33-34-23(20)36)15-9-5-2-6-10-15/h1-13H,(H,32,35)(H,34,36). The lowest BCUT2D eigenvalue weighted by Gasteiger charge is -2.16. The van der Waals surface area contributed by atoms with Gasteiger partial charge in [0.05, 0.1) is 16.8 Å². The van der Waals surface area contributed by atoms with Crippen LogP contribution in [0.5, 0.6) is 0 Å². The molecule has 36 heavy (non-hydrogen) atoms. The quantitative estimate of drug-likeness (QED) is 0.317. The minimum absolute atomic E-state index is 0.0577. The third-order valence-corrected chi connectivity index (χ3v) is 5.17. The second-order valence-corrected chi connectivity index (χ2v) is 7.63. The molecule has 1 heterocycles. The number of benzene rings is 3. The van der Waals surface area contributed by atoms with Crippen LogP contribution in [0.4, 0.5) is 32.0 Å². The highest BCUT2D eigenvalue weighted by Crippen LogP contribution is 2.38. The Morgan fingerprint density at radius 1 is 0.750 bits per heavy atom. The average molecular weight is 503 g/mol. The van der Waals surface area contributed by atoms with E-state index in [1.165, 1.54) is 0 Å². The molecule has 0 radical (unpaired) electrons. The SMILES string of the molecule is O=C(Nc1cc(C(F)(F)F)cc(C(F)(F)F)c1)c1c(-c2ccccc2)c(-c2ccccc2)n[nH]c1=O. The van der Waals surface area contributed by atoms with Gasteiger partial charge in [0, 0.05) is 16.8 Å². The number of nitrogens with zero attached hydrogens (tertiary/aromatic N) is 1. The van der Waals surface area contributed by atoms with Gasteiger partial charge in [-0.1, -0.05) is 60.7 Å². The smallest absolute Gasteiger partial charge is 0.322 e. The summed E-state index contributed by atoms with van der Waals surface area (Å²) >= 11 is 0. The topological polar surface area (TPSA) is 74.8 Å². The molecule has 0 fully saturated rings. The van der Waals surface area contributed by atoms with Crippen LogP contribution in [0.3, 0.4) is 0 Å². The lowest BCUT2D eigenvalue weighted by Crippen LogP contribution is -2.26. The summed E-state index contributed by atoms with van der Waals surface area (Å²) in [4.78, 5) is 26.0. The number of carbonyl (C=O) groups excluding carboxylic acids is 1. The number of halogens is 6. The first-order valence-corrected chi connectivity index (χ1v) is 10.3. The lowest BCUT2D eigenvalue weighted by molar-refractivity contribution is -0.143. The summed E-state index contributed by atoms with van der Waals surface area (Å²) in [6, 6.07) is 17.3. The Balaban J connectivity index is 1.88. The monoisotopic (exact) mass is 503 g/mol. The second-order valence-electron chi connectivity index (χ2n) is 7.63. The fourth-order valence-corrected chi connectivity index (χ4v) is 3.58. The molecule has 0 unspecified atom stereocenters. The van der Waals surface area contributed by atoms with Gasteiger partial charge in [0.25, 0.3) is 11.5 Å². The Bertz CT molecular complexity index is 1430. The van der Waals surface area contributed by atoms with Crippen LogP contribution in [0, 0.1) is 0 Å². The van der Waals surface area contributed by atoms with E-state index < -0.39 is 46.2 Å². The number of hydrogen-bond acceptors (Lipinski definition) is 3. The summed E-state index contributed by atoms with van der Waals surface area (Å²) in [7, 11) is 0. The van der Waals surface area contributed by atoms with E-state index in [-0.39, 0.29) is 17.3 Å². The molecule has 0 saturated heterocycles. The van der Waals surface area contributed by atoms with Crippen LogP contribution < -0.4 is 10.9 Å². The molecule has 2 N–H and O–H groups in total. The van der Waals surface area contributed by atoms with E-state index >= 15 is 0 Å². The molecule has 0 aliphatic carbocycles. The Labute approximate surface area is 199 Å². The van der Waals surface area contributed by atoms with Gasteiger partial charge in [-0.05, 0) is 23.8 Å². The number of aromatic nitrogens is 2. The molecule has 0 atom stereocenters. The van der Waals surface area contributed by atoms with E-state index in [4.69, 9.17) is 0 Å². The van der Waals surface area contributed by atoms with Crippen molar-refractivity contribution in [3.8, 4) is 22.4 Å². The van der Waals surface area contributed by atoms with Gasteiger partial charge in [-0.15, -0.1) is 0 Å². The number of carbonyl (C=O) groups is 1. The second kappa shape index (κ2) is 9.33. The zero-order valence-electron chi connectivity index (χ0n) is 18.0.